The second kappa shape index (κ2) is 21.2. The van der Waals surface area contributed by atoms with Gasteiger partial charge in [0.05, 0.1) is 55.7 Å². The molecule has 0 saturated carbocycles. The van der Waals surface area contributed by atoms with Gasteiger partial charge in [0.2, 0.25) is 0 Å². The Kier molecular flexibility index (Phi) is 13.8. The molecule has 90 heavy (non-hydrogen) atoms. The van der Waals surface area contributed by atoms with Crippen molar-refractivity contribution in [1.29, 1.82) is 0 Å². The lowest BCUT2D eigenvalue weighted by molar-refractivity contribution is 0.00578. The number of rotatable bonds is 4. The van der Waals surface area contributed by atoms with Gasteiger partial charge in [-0.1, -0.05) is 162 Å². The van der Waals surface area contributed by atoms with E-state index in [1.165, 1.54) is 114 Å². The van der Waals surface area contributed by atoms with E-state index in [0.717, 1.165) is 15.6 Å². The molecule has 12 aromatic carbocycles. The quantitative estimate of drug-likeness (QED) is 0.129. The highest BCUT2D eigenvalue weighted by molar-refractivity contribution is 9.10. The second-order valence-electron chi connectivity index (χ2n) is 27.6. The number of hydrogen-bond donors (Lipinski definition) is 0. The molecule has 0 amide bonds. The maximum atomic E-state index is 6.45. The molecule has 17 rings (SSSR count). The topological polar surface area (TPSA) is 65.2 Å². The lowest BCUT2D eigenvalue weighted by Crippen LogP contribution is -2.41. The highest BCUT2D eigenvalue weighted by atomic mass is 79.9. The number of para-hydroxylation sites is 2. The van der Waals surface area contributed by atoms with Crippen LogP contribution in [0.2, 0.25) is 0 Å². The Labute approximate surface area is 535 Å². The third-order valence-corrected chi connectivity index (χ3v) is 21.1. The molecule has 0 aliphatic carbocycles. The van der Waals surface area contributed by atoms with E-state index < -0.39 is 21.1 Å². The molecular formula is C78H72B3BrN2O6. The van der Waals surface area contributed by atoms with E-state index in [1.807, 2.05) is 55.4 Å². The van der Waals surface area contributed by atoms with Gasteiger partial charge in [0, 0.05) is 37.4 Å². The first-order valence-corrected chi connectivity index (χ1v) is 32.3. The predicted octanol–water partition coefficient (Wildman–Crippen LogP) is 19.8. The molecule has 5 heterocycles. The molecule has 0 spiro atoms. The third-order valence-electron chi connectivity index (χ3n) is 20.6. The van der Waals surface area contributed by atoms with Crippen molar-refractivity contribution in [3.8, 4) is 11.4 Å². The van der Waals surface area contributed by atoms with Gasteiger partial charge in [0.25, 0.3) is 0 Å². The Morgan fingerprint density at radius 3 is 0.889 bits per heavy atom. The molecule has 0 unspecified atom stereocenters. The van der Waals surface area contributed by atoms with Crippen molar-refractivity contribution in [2.45, 2.75) is 117 Å². The van der Waals surface area contributed by atoms with Crippen LogP contribution in [-0.4, -0.2) is 63.9 Å². The van der Waals surface area contributed by atoms with Crippen molar-refractivity contribution in [2.24, 2.45) is 0 Å². The number of nitrogens with zero attached hydrogens (tertiary/aromatic N) is 2. The lowest BCUT2D eigenvalue weighted by atomic mass is 9.49. The van der Waals surface area contributed by atoms with E-state index in [1.54, 1.807) is 0 Å². The van der Waals surface area contributed by atoms with Gasteiger partial charge in [-0.3, -0.25) is 0 Å². The maximum Gasteiger partial charge on any atom is 0.494 e. The van der Waals surface area contributed by atoms with E-state index in [0.29, 0.717) is 0 Å². The average Bonchev–Trinajstić information content (AvgIpc) is 1.41. The Morgan fingerprint density at radius 1 is 0.256 bits per heavy atom. The monoisotopic (exact) mass is 1240 g/mol. The smallest absolute Gasteiger partial charge is 0.405 e. The van der Waals surface area contributed by atoms with Gasteiger partial charge in [-0.15, -0.1) is 0 Å². The molecule has 3 saturated heterocycles. The summed E-state index contributed by atoms with van der Waals surface area (Å²) in [5.41, 5.74) is 5.98. The molecule has 0 radical (unpaired) electrons. The molecule has 0 bridgehead atoms. The van der Waals surface area contributed by atoms with E-state index >= 15 is 0 Å². The summed E-state index contributed by atoms with van der Waals surface area (Å²) in [6.45, 7) is 24.6. The summed E-state index contributed by atoms with van der Waals surface area (Å²) < 4.78 is 42.6. The molecule has 14 aromatic rings. The molecule has 0 atom stereocenters. The Bertz CT molecular complexity index is 5130. The zero-order chi connectivity index (χ0) is 62.4. The normalized spacial score (nSPS) is 18.0. The molecule has 2 aromatic heterocycles. The van der Waals surface area contributed by atoms with Crippen molar-refractivity contribution in [1.82, 2.24) is 9.13 Å². The molecule has 8 nitrogen and oxygen atoms in total. The zero-order valence-corrected chi connectivity index (χ0v) is 54.8. The molecule has 0 N–H and O–H groups in total. The van der Waals surface area contributed by atoms with E-state index in [2.05, 4.69) is 271 Å². The average molecular weight is 1250 g/mol. The van der Waals surface area contributed by atoms with E-state index in [4.69, 9.17) is 27.9 Å². The minimum atomic E-state index is -0.476. The Hall–Kier alpha value is -7.77. The standard InChI is InChI=1S/C36H30BNO2.C30H18BrN.C12H24B2O4/c1-35(2)36(3,4)40-37(39-35)23-18-19-33-31(20-23)32-21-29-27-16-10-8-14-25(27)26-15-9-11-17-28(26)30(29)22-34(32)38(33)24-12-6-5-7-13-24;31-19-14-15-29-27(16-19)28-17-25-23-12-6-4-10-21(23)22-11-5-7-13-24(22)26(25)18-30(28)32(29)20-8-2-1-3-9-20;1-9(2)10(3,4)16-13(15-9)14-17-11(5,6)12(7,8)18-14/h5-22H,1-4H3;1-18H;1-8H3. The van der Waals surface area contributed by atoms with Crippen molar-refractivity contribution < 1.29 is 27.9 Å². The van der Waals surface area contributed by atoms with Gasteiger partial charge >= 0.3 is 21.1 Å². The van der Waals surface area contributed by atoms with Crippen molar-refractivity contribution in [2.75, 3.05) is 0 Å². The van der Waals surface area contributed by atoms with Crippen LogP contribution >= 0.6 is 15.9 Å². The molecule has 3 aliphatic heterocycles. The molecule has 446 valence electrons. The van der Waals surface area contributed by atoms with Crippen LogP contribution < -0.4 is 5.46 Å². The summed E-state index contributed by atoms with van der Waals surface area (Å²) >= 11 is 3.70. The lowest BCUT2D eigenvalue weighted by Gasteiger charge is -2.32. The van der Waals surface area contributed by atoms with Gasteiger partial charge in [0.15, 0.2) is 0 Å². The van der Waals surface area contributed by atoms with Crippen LogP contribution in [0.4, 0.5) is 0 Å². The van der Waals surface area contributed by atoms with Crippen LogP contribution in [0.3, 0.4) is 0 Å². The number of halogens is 1. The fourth-order valence-electron chi connectivity index (χ4n) is 13.7. The van der Waals surface area contributed by atoms with Crippen molar-refractivity contribution in [3.63, 3.8) is 0 Å². The SMILES string of the molecule is Brc1ccc2c(c1)c1cc3c4ccccc4c4ccccc4c3cc1n2-c1ccccc1.CC1(C)OB(B2OC(C)(C)C(C)(C)O2)OC1(C)C.CC1(C)OB(c2ccc3c(c2)c2cc4c5ccccc5c5ccccc5c4cc2n3-c2ccccc2)OC1(C)C. The summed E-state index contributed by atoms with van der Waals surface area (Å²) in [5, 5.41) is 20.5. The number of hydrogen-bond acceptors (Lipinski definition) is 6. The third kappa shape index (κ3) is 9.42. The van der Waals surface area contributed by atoms with Crippen molar-refractivity contribution in [3.05, 3.63) is 223 Å². The summed E-state index contributed by atoms with van der Waals surface area (Å²) in [6, 6.07) is 79.2. The van der Waals surface area contributed by atoms with Crippen molar-refractivity contribution >= 4 is 151 Å². The summed E-state index contributed by atoms with van der Waals surface area (Å²) in [7, 11) is -1.36. The van der Waals surface area contributed by atoms with Gasteiger partial charge in [0.1, 0.15) is 0 Å². The van der Waals surface area contributed by atoms with Gasteiger partial charge in [-0.25, -0.2) is 0 Å². The molecular weight excluding hydrogens is 1170 g/mol. The summed E-state index contributed by atoms with van der Waals surface area (Å²) in [4.78, 5) is 0. The van der Waals surface area contributed by atoms with E-state index in [9.17, 15) is 0 Å². The van der Waals surface area contributed by atoms with Crippen LogP contribution in [0.15, 0.2) is 223 Å². The van der Waals surface area contributed by atoms with Gasteiger partial charge in [-0.2, -0.15) is 0 Å². The fraction of sp³-hybridized carbons (Fsp3) is 0.231. The minimum Gasteiger partial charge on any atom is -0.405 e. The first kappa shape index (κ1) is 58.6. The van der Waals surface area contributed by atoms with Crippen LogP contribution in [0.25, 0.3) is 120 Å². The Balaban J connectivity index is 0.000000121. The molecule has 12 heteroatoms. The predicted molar refractivity (Wildman–Crippen MR) is 382 cm³/mol. The van der Waals surface area contributed by atoms with E-state index in [-0.39, 0.29) is 33.6 Å². The number of aromatic nitrogens is 2. The summed E-state index contributed by atoms with van der Waals surface area (Å²) in [5.74, 6) is 0. The van der Waals surface area contributed by atoms with Crippen LogP contribution in [0, 0.1) is 0 Å². The van der Waals surface area contributed by atoms with Crippen LogP contribution in [0.5, 0.6) is 0 Å². The first-order valence-electron chi connectivity index (χ1n) is 31.5. The maximum absolute atomic E-state index is 6.45. The number of benzene rings is 12. The largest absolute Gasteiger partial charge is 0.494 e. The van der Waals surface area contributed by atoms with Gasteiger partial charge in [-0.05, 0) is 226 Å². The molecule has 3 aliphatic rings. The first-order chi connectivity index (χ1) is 43.0. The summed E-state index contributed by atoms with van der Waals surface area (Å²) in [6.07, 6.45) is 0. The highest BCUT2D eigenvalue weighted by Gasteiger charge is 2.64. The van der Waals surface area contributed by atoms with Crippen LogP contribution in [0.1, 0.15) is 83.1 Å². The second-order valence-corrected chi connectivity index (χ2v) is 28.5. The molecule has 3 fully saturated rings. The zero-order valence-electron chi connectivity index (χ0n) is 53.2. The van der Waals surface area contributed by atoms with Gasteiger partial charge < -0.3 is 37.1 Å². The minimum absolute atomic E-state index is 0.360. The van der Waals surface area contributed by atoms with Crippen LogP contribution in [-0.2, 0) is 27.9 Å². The highest BCUT2D eigenvalue weighted by Crippen LogP contribution is 2.46. The number of fused-ring (bicyclic) bond motifs is 18. The Morgan fingerprint density at radius 2 is 0.533 bits per heavy atom. The fourth-order valence-corrected chi connectivity index (χ4v) is 14.0.